The van der Waals surface area contributed by atoms with Crippen molar-refractivity contribution in [1.29, 1.82) is 0 Å². The van der Waals surface area contributed by atoms with Crippen LogP contribution in [-0.4, -0.2) is 81.1 Å². The number of nitrogens with zero attached hydrogens (tertiary/aromatic N) is 3. The first kappa shape index (κ1) is 39.8. The van der Waals surface area contributed by atoms with Gasteiger partial charge < -0.3 is 24.3 Å². The van der Waals surface area contributed by atoms with Crippen LogP contribution in [0, 0.1) is 5.41 Å². The molecule has 11 nitrogen and oxygen atoms in total. The van der Waals surface area contributed by atoms with Crippen molar-refractivity contribution in [2.45, 2.75) is 72.1 Å². The fourth-order valence-corrected chi connectivity index (χ4v) is 5.75. The van der Waals surface area contributed by atoms with Gasteiger partial charge in [-0.25, -0.2) is 10.5 Å². The van der Waals surface area contributed by atoms with E-state index in [2.05, 4.69) is 77.6 Å². The maximum absolute atomic E-state index is 12.3. The largest absolute Gasteiger partial charge is 0.478 e. The Balaban J connectivity index is 1.09. The van der Waals surface area contributed by atoms with Crippen molar-refractivity contribution in [3.8, 4) is 28.3 Å². The molecule has 1 amide bonds. The van der Waals surface area contributed by atoms with E-state index in [9.17, 15) is 4.79 Å². The van der Waals surface area contributed by atoms with Gasteiger partial charge in [-0.1, -0.05) is 81.4 Å². The number of unbranched alkanes of at least 4 members (excludes halogenated alkanes) is 2. The molecule has 0 fully saturated rings. The van der Waals surface area contributed by atoms with Crippen LogP contribution in [0.3, 0.4) is 0 Å². The summed E-state index contributed by atoms with van der Waals surface area (Å²) < 4.78 is 22.6. The third-order valence-electron chi connectivity index (χ3n) is 8.55. The van der Waals surface area contributed by atoms with Crippen LogP contribution in [0.5, 0.6) is 5.88 Å². The molecule has 0 saturated carbocycles. The van der Waals surface area contributed by atoms with Gasteiger partial charge in [-0.05, 0) is 62.1 Å². The molecule has 4 rings (SSSR count). The average Bonchev–Trinajstić information content (AvgIpc) is 3.64. The van der Waals surface area contributed by atoms with E-state index in [1.54, 1.807) is 0 Å². The van der Waals surface area contributed by atoms with E-state index >= 15 is 0 Å². The van der Waals surface area contributed by atoms with Gasteiger partial charge in [0, 0.05) is 49.8 Å². The molecular formula is C40H58N6O5. The van der Waals surface area contributed by atoms with Crippen LogP contribution in [0.1, 0.15) is 72.1 Å². The number of rotatable bonds is 26. The summed E-state index contributed by atoms with van der Waals surface area (Å²) in [4.78, 5) is 17.1. The number of amidine groups is 1. The second-order valence-electron chi connectivity index (χ2n) is 13.3. The number of hydrazine groups is 2. The third kappa shape index (κ3) is 14.6. The number of hydrogen-bond donors (Lipinski definition) is 3. The molecule has 0 unspecified atom stereocenters. The molecule has 0 spiro atoms. The summed E-state index contributed by atoms with van der Waals surface area (Å²) in [6.07, 6.45) is 6.82. The molecule has 51 heavy (non-hydrogen) atoms. The average molecular weight is 703 g/mol. The van der Waals surface area contributed by atoms with E-state index in [0.717, 1.165) is 86.3 Å². The molecule has 2 aromatic carbocycles. The number of nitrogens with one attached hydrogen (secondary N) is 3. The minimum atomic E-state index is -0.142. The lowest BCUT2D eigenvalue weighted by atomic mass is 9.85. The SMILES string of the molecule is CCCOCCOCCOCCCNC(=O)CCCCN1NNN=C1C(C)(C)CCCCOc1cc(-c2ccccc2)cc(-c2ccccc2)n1. The second-order valence-corrected chi connectivity index (χ2v) is 13.3. The first-order valence-electron chi connectivity index (χ1n) is 18.6. The number of hydrogen-bond acceptors (Lipinski definition) is 10. The second kappa shape index (κ2) is 22.7. The number of amides is 1. The number of carbonyl (C=O) groups excluding carboxylic acids is 1. The highest BCUT2D eigenvalue weighted by Crippen LogP contribution is 2.30. The zero-order valence-corrected chi connectivity index (χ0v) is 30.8. The van der Waals surface area contributed by atoms with Crippen LogP contribution in [0.2, 0.25) is 0 Å². The van der Waals surface area contributed by atoms with Gasteiger partial charge in [0.05, 0.1) is 38.7 Å². The summed E-state index contributed by atoms with van der Waals surface area (Å²) in [6, 6.07) is 24.7. The standard InChI is InChI=1S/C40H58N6O5/c1-4-24-48-27-29-50-30-28-49-25-15-22-41-37(47)20-11-13-23-46-39(43-44-45-46)40(2,3)21-12-14-26-51-38-32-35(33-16-7-5-8-17-33)31-36(42-38)34-18-9-6-10-19-34/h5-10,16-19,31-32,44-45H,4,11-15,20-30H2,1-3H3,(H,41,47). The number of hydrazone groups is 1. The fraction of sp³-hybridized carbons (Fsp3) is 0.525. The molecule has 0 radical (unpaired) electrons. The molecule has 2 heterocycles. The Kier molecular flexibility index (Phi) is 17.7. The summed E-state index contributed by atoms with van der Waals surface area (Å²) in [5, 5.41) is 9.62. The molecule has 0 atom stereocenters. The van der Waals surface area contributed by atoms with Gasteiger partial charge in [0.15, 0.2) is 0 Å². The molecule has 0 aliphatic carbocycles. The Labute approximate surface area is 304 Å². The highest BCUT2D eigenvalue weighted by molar-refractivity contribution is 5.87. The molecule has 1 aromatic heterocycles. The molecule has 1 aliphatic rings. The molecule has 3 N–H and O–H groups in total. The van der Waals surface area contributed by atoms with Gasteiger partial charge in [0.2, 0.25) is 11.8 Å². The van der Waals surface area contributed by atoms with E-state index in [4.69, 9.17) is 23.9 Å². The number of ether oxygens (including phenoxy) is 4. The zero-order valence-electron chi connectivity index (χ0n) is 30.8. The smallest absolute Gasteiger partial charge is 0.219 e. The first-order valence-corrected chi connectivity index (χ1v) is 18.6. The van der Waals surface area contributed by atoms with E-state index in [-0.39, 0.29) is 11.3 Å². The van der Waals surface area contributed by atoms with Crippen molar-refractivity contribution in [3.05, 3.63) is 72.8 Å². The van der Waals surface area contributed by atoms with E-state index in [1.165, 1.54) is 0 Å². The third-order valence-corrected chi connectivity index (χ3v) is 8.55. The van der Waals surface area contributed by atoms with Crippen LogP contribution in [-0.2, 0) is 19.0 Å². The van der Waals surface area contributed by atoms with Gasteiger partial charge in [-0.2, -0.15) is 0 Å². The van der Waals surface area contributed by atoms with Crippen molar-refractivity contribution in [3.63, 3.8) is 0 Å². The maximum Gasteiger partial charge on any atom is 0.219 e. The molecule has 0 bridgehead atoms. The highest BCUT2D eigenvalue weighted by atomic mass is 16.5. The molecule has 0 saturated heterocycles. The van der Waals surface area contributed by atoms with Crippen LogP contribution >= 0.6 is 0 Å². The Morgan fingerprint density at radius 3 is 2.18 bits per heavy atom. The van der Waals surface area contributed by atoms with Crippen molar-refractivity contribution >= 4 is 11.7 Å². The lowest BCUT2D eigenvalue weighted by Gasteiger charge is -2.30. The van der Waals surface area contributed by atoms with Crippen LogP contribution < -0.4 is 21.1 Å². The van der Waals surface area contributed by atoms with Crippen molar-refractivity contribution in [2.75, 3.05) is 59.3 Å². The summed E-state index contributed by atoms with van der Waals surface area (Å²) in [7, 11) is 0. The molecule has 11 heteroatoms. The van der Waals surface area contributed by atoms with Crippen LogP contribution in [0.4, 0.5) is 0 Å². The van der Waals surface area contributed by atoms with Crippen molar-refractivity contribution in [2.24, 2.45) is 10.5 Å². The monoisotopic (exact) mass is 702 g/mol. The normalized spacial score (nSPS) is 12.8. The Morgan fingerprint density at radius 2 is 1.45 bits per heavy atom. The molecular weight excluding hydrogens is 644 g/mol. The van der Waals surface area contributed by atoms with Gasteiger partial charge in [0.1, 0.15) is 5.84 Å². The van der Waals surface area contributed by atoms with E-state index < -0.39 is 0 Å². The minimum Gasteiger partial charge on any atom is -0.478 e. The summed E-state index contributed by atoms with van der Waals surface area (Å²) in [5.74, 6) is 1.69. The van der Waals surface area contributed by atoms with Crippen molar-refractivity contribution < 1.29 is 23.7 Å². The minimum absolute atomic E-state index is 0.0765. The summed E-state index contributed by atoms with van der Waals surface area (Å²) in [6.45, 7) is 12.2. The van der Waals surface area contributed by atoms with Crippen LogP contribution in [0.15, 0.2) is 77.9 Å². The zero-order chi connectivity index (χ0) is 36.0. The molecule has 3 aromatic rings. The lowest BCUT2D eigenvalue weighted by Crippen LogP contribution is -2.46. The topological polar surface area (TPSA) is 119 Å². The fourth-order valence-electron chi connectivity index (χ4n) is 5.75. The van der Waals surface area contributed by atoms with Gasteiger partial charge in [-0.15, -0.1) is 10.6 Å². The molecule has 278 valence electrons. The van der Waals surface area contributed by atoms with E-state index in [0.29, 0.717) is 58.5 Å². The van der Waals surface area contributed by atoms with E-state index in [1.807, 2.05) is 42.5 Å². The summed E-state index contributed by atoms with van der Waals surface area (Å²) in [5.41, 5.74) is 10.1. The van der Waals surface area contributed by atoms with Crippen molar-refractivity contribution in [1.82, 2.24) is 26.4 Å². The number of aromatic nitrogens is 1. The maximum atomic E-state index is 12.3. The lowest BCUT2D eigenvalue weighted by molar-refractivity contribution is -0.121. The van der Waals surface area contributed by atoms with Gasteiger partial charge in [-0.3, -0.25) is 9.80 Å². The summed E-state index contributed by atoms with van der Waals surface area (Å²) >= 11 is 0. The number of carbonyl (C=O) groups is 1. The molecule has 1 aliphatic heterocycles. The first-order chi connectivity index (χ1) is 25.0. The predicted octanol–water partition coefficient (Wildman–Crippen LogP) is 6.77. The highest BCUT2D eigenvalue weighted by Gasteiger charge is 2.32. The Bertz CT molecular complexity index is 1380. The quantitative estimate of drug-likeness (QED) is 0.0780. The number of benzene rings is 2. The Morgan fingerprint density at radius 1 is 0.765 bits per heavy atom. The Hall–Kier alpha value is -4.03. The van der Waals surface area contributed by atoms with Crippen LogP contribution in [0.25, 0.3) is 22.4 Å². The van der Waals surface area contributed by atoms with Gasteiger partial charge in [0.25, 0.3) is 0 Å². The number of pyridine rings is 1. The van der Waals surface area contributed by atoms with Gasteiger partial charge >= 0.3 is 0 Å². The predicted molar refractivity (Wildman–Crippen MR) is 203 cm³/mol.